The van der Waals surface area contributed by atoms with Crippen molar-refractivity contribution in [3.05, 3.63) is 47.5 Å². The number of hydrogen-bond donors (Lipinski definition) is 0. The van der Waals surface area contributed by atoms with Crippen molar-refractivity contribution in [2.75, 3.05) is 6.61 Å². The monoisotopic (exact) mass is 325 g/mol. The normalized spacial score (nSPS) is 29.2. The molecule has 0 saturated carbocycles. The molecule has 2 rings (SSSR count). The Kier molecular flexibility index (Phi) is 5.56. The molecule has 4 nitrogen and oxygen atoms in total. The van der Waals surface area contributed by atoms with Crippen LogP contribution >= 0.6 is 0 Å². The van der Waals surface area contributed by atoms with Crippen molar-refractivity contribution < 1.29 is 14.3 Å². The highest BCUT2D eigenvalue weighted by molar-refractivity contribution is 5.87. The number of rotatable bonds is 5. The molecule has 1 aliphatic rings. The minimum atomic E-state index is -1.40. The number of hydrogen-bond acceptors (Lipinski definition) is 4. The number of allylic oxidation sites excluding steroid dienone is 2. The van der Waals surface area contributed by atoms with E-state index >= 15 is 0 Å². The lowest BCUT2D eigenvalue weighted by Gasteiger charge is -2.44. The summed E-state index contributed by atoms with van der Waals surface area (Å²) in [6.45, 7) is 5.69. The summed E-state index contributed by atoms with van der Waals surface area (Å²) in [4.78, 5) is 24.4. The molecule has 0 saturated heterocycles. The quantitative estimate of drug-likeness (QED) is 0.612. The molecule has 0 amide bonds. The fourth-order valence-electron chi connectivity index (χ4n) is 3.79. The lowest BCUT2D eigenvalue weighted by Crippen LogP contribution is -2.48. The second kappa shape index (κ2) is 7.44. The zero-order valence-corrected chi connectivity index (χ0v) is 14.4. The Balaban J connectivity index is 2.72. The average molecular weight is 325 g/mol. The summed E-state index contributed by atoms with van der Waals surface area (Å²) in [5.41, 5.74) is 0.0267. The number of ether oxygens (including phenoxy) is 1. The first kappa shape index (κ1) is 17.9. The van der Waals surface area contributed by atoms with Gasteiger partial charge in [0, 0.05) is 11.8 Å². The maximum Gasteiger partial charge on any atom is 0.327 e. The summed E-state index contributed by atoms with van der Waals surface area (Å²) >= 11 is 0. The number of carbonyl (C=O) groups is 2. The van der Waals surface area contributed by atoms with Crippen LogP contribution in [-0.4, -0.2) is 18.9 Å². The summed E-state index contributed by atoms with van der Waals surface area (Å²) in [7, 11) is 0. The molecule has 0 bridgehead atoms. The smallest absolute Gasteiger partial charge is 0.327 e. The number of esters is 1. The predicted molar refractivity (Wildman–Crippen MR) is 91.0 cm³/mol. The van der Waals surface area contributed by atoms with E-state index in [9.17, 15) is 14.9 Å². The van der Waals surface area contributed by atoms with Crippen LogP contribution < -0.4 is 0 Å². The van der Waals surface area contributed by atoms with E-state index in [0.717, 1.165) is 18.3 Å². The van der Waals surface area contributed by atoms with Gasteiger partial charge in [0.15, 0.2) is 5.41 Å². The van der Waals surface area contributed by atoms with E-state index in [4.69, 9.17) is 4.74 Å². The SMILES string of the molecule is CCOC(=O)[C@@]1(C#N)[C@H](C)C(C=O)=C[C@H](CC)[C@H]1c1ccccc1. The molecule has 0 aliphatic heterocycles. The third kappa shape index (κ3) is 2.75. The maximum atomic E-state index is 12.9. The van der Waals surface area contributed by atoms with Crippen LogP contribution in [0.3, 0.4) is 0 Å². The fraction of sp³-hybridized carbons (Fsp3) is 0.450. The van der Waals surface area contributed by atoms with Gasteiger partial charge in [-0.15, -0.1) is 0 Å². The number of nitriles is 1. The minimum absolute atomic E-state index is 0.0761. The number of nitrogens with zero attached hydrogens (tertiary/aromatic N) is 1. The average Bonchev–Trinajstić information content (AvgIpc) is 2.62. The summed E-state index contributed by atoms with van der Waals surface area (Å²) in [5.74, 6) is -1.48. The highest BCUT2D eigenvalue weighted by atomic mass is 16.5. The van der Waals surface area contributed by atoms with Gasteiger partial charge in [-0.2, -0.15) is 5.26 Å². The van der Waals surface area contributed by atoms with E-state index < -0.39 is 17.3 Å². The molecule has 0 heterocycles. The molecule has 4 heteroatoms. The fourth-order valence-corrected chi connectivity index (χ4v) is 3.79. The summed E-state index contributed by atoms with van der Waals surface area (Å²) in [5, 5.41) is 10.1. The molecule has 0 fully saturated rings. The van der Waals surface area contributed by atoms with Crippen molar-refractivity contribution in [2.24, 2.45) is 17.3 Å². The van der Waals surface area contributed by atoms with Crippen molar-refractivity contribution in [2.45, 2.75) is 33.1 Å². The van der Waals surface area contributed by atoms with Gasteiger partial charge in [0.1, 0.15) is 6.29 Å². The molecule has 1 aromatic rings. The third-order valence-electron chi connectivity index (χ3n) is 5.07. The Bertz CT molecular complexity index is 674. The first-order valence-electron chi connectivity index (χ1n) is 8.37. The largest absolute Gasteiger partial charge is 0.465 e. The summed E-state index contributed by atoms with van der Waals surface area (Å²) in [6, 6.07) is 11.8. The van der Waals surface area contributed by atoms with Crippen molar-refractivity contribution in [1.29, 1.82) is 5.26 Å². The second-order valence-corrected chi connectivity index (χ2v) is 6.17. The Labute approximate surface area is 143 Å². The van der Waals surface area contributed by atoms with E-state index in [1.54, 1.807) is 13.8 Å². The van der Waals surface area contributed by atoms with E-state index in [-0.39, 0.29) is 18.4 Å². The zero-order chi connectivity index (χ0) is 17.7. The Morgan fingerprint density at radius 2 is 2.00 bits per heavy atom. The van der Waals surface area contributed by atoms with E-state index in [2.05, 4.69) is 6.07 Å². The third-order valence-corrected chi connectivity index (χ3v) is 5.07. The Hall–Kier alpha value is -2.41. The maximum absolute atomic E-state index is 12.9. The summed E-state index contributed by atoms with van der Waals surface area (Å²) in [6.07, 6.45) is 3.41. The second-order valence-electron chi connectivity index (χ2n) is 6.17. The first-order chi connectivity index (χ1) is 11.6. The highest BCUT2D eigenvalue weighted by Crippen LogP contribution is 2.54. The van der Waals surface area contributed by atoms with Crippen LogP contribution in [0.5, 0.6) is 0 Å². The predicted octanol–water partition coefficient (Wildman–Crippen LogP) is 3.64. The molecule has 0 N–H and O–H groups in total. The van der Waals surface area contributed by atoms with Crippen LogP contribution in [0.15, 0.2) is 42.0 Å². The van der Waals surface area contributed by atoms with Gasteiger partial charge in [0.25, 0.3) is 0 Å². The van der Waals surface area contributed by atoms with Gasteiger partial charge in [-0.05, 0) is 30.4 Å². The van der Waals surface area contributed by atoms with Crippen LogP contribution in [0, 0.1) is 28.6 Å². The topological polar surface area (TPSA) is 67.2 Å². The van der Waals surface area contributed by atoms with Crippen molar-refractivity contribution in [3.8, 4) is 6.07 Å². The van der Waals surface area contributed by atoms with Crippen LogP contribution in [0.4, 0.5) is 0 Å². The van der Waals surface area contributed by atoms with Gasteiger partial charge in [-0.3, -0.25) is 9.59 Å². The molecule has 24 heavy (non-hydrogen) atoms. The lowest BCUT2D eigenvalue weighted by molar-refractivity contribution is -0.156. The standard InChI is InChI=1S/C20H23NO3/c1-4-15-11-17(12-22)14(3)20(13-21,19(23)24-5-2)18(15)16-9-7-6-8-10-16/h6-12,14-15,18H,4-5H2,1-3H3/t14-,15+,18+,20+/m1/s1. The van der Waals surface area contributed by atoms with Gasteiger partial charge >= 0.3 is 5.97 Å². The van der Waals surface area contributed by atoms with E-state index in [1.165, 1.54) is 0 Å². The van der Waals surface area contributed by atoms with Gasteiger partial charge in [-0.25, -0.2) is 0 Å². The van der Waals surface area contributed by atoms with Crippen molar-refractivity contribution >= 4 is 12.3 Å². The minimum Gasteiger partial charge on any atom is -0.465 e. The van der Waals surface area contributed by atoms with Crippen LogP contribution in [0.1, 0.15) is 38.7 Å². The van der Waals surface area contributed by atoms with Gasteiger partial charge in [-0.1, -0.05) is 50.3 Å². The molecule has 0 radical (unpaired) electrons. The molecular weight excluding hydrogens is 302 g/mol. The van der Waals surface area contributed by atoms with Gasteiger partial charge < -0.3 is 4.74 Å². The highest BCUT2D eigenvalue weighted by Gasteiger charge is 2.57. The van der Waals surface area contributed by atoms with Gasteiger partial charge in [0.2, 0.25) is 0 Å². The van der Waals surface area contributed by atoms with E-state index in [1.807, 2.05) is 43.3 Å². The number of aldehydes is 1. The van der Waals surface area contributed by atoms with Crippen molar-refractivity contribution in [1.82, 2.24) is 0 Å². The van der Waals surface area contributed by atoms with Crippen LogP contribution in [0.2, 0.25) is 0 Å². The molecule has 0 spiro atoms. The summed E-state index contributed by atoms with van der Waals surface area (Å²) < 4.78 is 5.28. The first-order valence-corrected chi connectivity index (χ1v) is 8.37. The molecule has 1 aromatic carbocycles. The molecule has 4 atom stereocenters. The van der Waals surface area contributed by atoms with Crippen LogP contribution in [0.25, 0.3) is 0 Å². The Morgan fingerprint density at radius 3 is 2.50 bits per heavy atom. The zero-order valence-electron chi connectivity index (χ0n) is 14.4. The van der Waals surface area contributed by atoms with Crippen LogP contribution in [-0.2, 0) is 14.3 Å². The molecule has 1 aliphatic carbocycles. The molecule has 126 valence electrons. The number of carbonyl (C=O) groups excluding carboxylic acids is 2. The lowest BCUT2D eigenvalue weighted by atomic mass is 9.55. The Morgan fingerprint density at radius 1 is 1.33 bits per heavy atom. The molecule has 0 aromatic heterocycles. The van der Waals surface area contributed by atoms with Crippen molar-refractivity contribution in [3.63, 3.8) is 0 Å². The van der Waals surface area contributed by atoms with E-state index in [0.29, 0.717) is 5.57 Å². The molecular formula is C20H23NO3. The van der Waals surface area contributed by atoms with Gasteiger partial charge in [0.05, 0.1) is 12.7 Å². The number of benzene rings is 1. The molecule has 0 unspecified atom stereocenters.